The lowest BCUT2D eigenvalue weighted by Gasteiger charge is -2.23. The van der Waals surface area contributed by atoms with Crippen LogP contribution in [0.3, 0.4) is 0 Å². The zero-order valence-electron chi connectivity index (χ0n) is 14.8. The Labute approximate surface area is 147 Å². The topological polar surface area (TPSA) is 71.1 Å². The predicted molar refractivity (Wildman–Crippen MR) is 88.8 cm³/mol. The fourth-order valence-corrected chi connectivity index (χ4v) is 3.56. The first-order chi connectivity index (χ1) is 11.9. The van der Waals surface area contributed by atoms with Crippen molar-refractivity contribution < 1.29 is 28.5 Å². The van der Waals surface area contributed by atoms with Crippen LogP contribution >= 0.6 is 0 Å². The Hall–Kier alpha value is -1.92. The first kappa shape index (κ1) is 17.9. The van der Waals surface area contributed by atoms with Gasteiger partial charge >= 0.3 is 11.9 Å². The Kier molecular flexibility index (Phi) is 5.11. The Balaban J connectivity index is 1.71. The molecule has 1 aliphatic carbocycles. The summed E-state index contributed by atoms with van der Waals surface area (Å²) in [4.78, 5) is 24.2. The molecule has 6 heteroatoms. The Morgan fingerprint density at radius 2 is 1.84 bits per heavy atom. The van der Waals surface area contributed by atoms with E-state index in [1.54, 1.807) is 31.2 Å². The molecule has 3 rings (SSSR count). The molecule has 2 fully saturated rings. The molecule has 0 aromatic heterocycles. The first-order valence-electron chi connectivity index (χ1n) is 8.67. The lowest BCUT2D eigenvalue weighted by molar-refractivity contribution is -0.169. The fourth-order valence-electron chi connectivity index (χ4n) is 3.56. The molecule has 1 saturated carbocycles. The van der Waals surface area contributed by atoms with Gasteiger partial charge in [0.05, 0.1) is 24.7 Å². The Morgan fingerprint density at radius 1 is 1.16 bits per heavy atom. The molecule has 0 amide bonds. The van der Waals surface area contributed by atoms with Crippen molar-refractivity contribution in [3.05, 3.63) is 35.9 Å². The summed E-state index contributed by atoms with van der Waals surface area (Å²) in [6, 6.07) is 8.83. The van der Waals surface area contributed by atoms with E-state index in [2.05, 4.69) is 0 Å². The molecule has 4 atom stereocenters. The quantitative estimate of drug-likeness (QED) is 0.762. The molecule has 136 valence electrons. The lowest BCUT2D eigenvalue weighted by Crippen LogP contribution is -2.32. The van der Waals surface area contributed by atoms with Gasteiger partial charge in [-0.05, 0) is 39.3 Å². The van der Waals surface area contributed by atoms with E-state index in [0.29, 0.717) is 18.6 Å². The summed E-state index contributed by atoms with van der Waals surface area (Å²) in [5.41, 5.74) is 0.492. The molecule has 0 spiro atoms. The van der Waals surface area contributed by atoms with Crippen LogP contribution in [0.1, 0.15) is 44.0 Å². The van der Waals surface area contributed by atoms with E-state index in [9.17, 15) is 9.59 Å². The number of fused-ring (bicyclic) bond motifs is 1. The normalized spacial score (nSPS) is 29.9. The number of carbonyl (C=O) groups excluding carboxylic acids is 2. The maximum Gasteiger partial charge on any atom is 0.338 e. The van der Waals surface area contributed by atoms with Crippen molar-refractivity contribution in [2.45, 2.75) is 57.7 Å². The molecule has 0 radical (unpaired) electrons. The fraction of sp³-hybridized carbons (Fsp3) is 0.579. The molecule has 2 aliphatic rings. The number of hydrogen-bond acceptors (Lipinski definition) is 6. The van der Waals surface area contributed by atoms with E-state index in [1.807, 2.05) is 19.9 Å². The molecular formula is C19H24O6. The molecule has 0 unspecified atom stereocenters. The van der Waals surface area contributed by atoms with Gasteiger partial charge in [0.2, 0.25) is 0 Å². The number of rotatable bonds is 5. The molecule has 1 aromatic rings. The number of hydrogen-bond donors (Lipinski definition) is 0. The lowest BCUT2D eigenvalue weighted by atomic mass is 10.0. The summed E-state index contributed by atoms with van der Waals surface area (Å²) in [6.07, 6.45) is -0.356. The largest absolute Gasteiger partial charge is 0.466 e. The highest BCUT2D eigenvalue weighted by Crippen LogP contribution is 2.44. The second kappa shape index (κ2) is 7.14. The van der Waals surface area contributed by atoms with Gasteiger partial charge in [0.1, 0.15) is 12.2 Å². The van der Waals surface area contributed by atoms with Crippen LogP contribution in [0.2, 0.25) is 0 Å². The predicted octanol–water partition coefficient (Wildman–Crippen LogP) is 2.71. The zero-order chi connectivity index (χ0) is 18.0. The van der Waals surface area contributed by atoms with Gasteiger partial charge in [-0.2, -0.15) is 0 Å². The summed E-state index contributed by atoms with van der Waals surface area (Å²) in [5, 5.41) is 0. The van der Waals surface area contributed by atoms with Gasteiger partial charge < -0.3 is 18.9 Å². The maximum atomic E-state index is 12.4. The van der Waals surface area contributed by atoms with E-state index in [1.165, 1.54) is 0 Å². The van der Waals surface area contributed by atoms with Gasteiger partial charge in [0.25, 0.3) is 0 Å². The standard InChI is InChI=1S/C19H24O6/c1-4-22-15(20)11-13-10-14(17-16(13)24-19(2,3)25-17)23-18(21)12-8-6-5-7-9-12/h5-9,13-14,16-17H,4,10-11H2,1-3H3/t13-,14-,16+,17-/m1/s1. The van der Waals surface area contributed by atoms with Gasteiger partial charge in [0, 0.05) is 5.92 Å². The minimum atomic E-state index is -0.764. The highest BCUT2D eigenvalue weighted by Gasteiger charge is 2.55. The first-order valence-corrected chi connectivity index (χ1v) is 8.67. The molecule has 1 aliphatic heterocycles. The summed E-state index contributed by atoms with van der Waals surface area (Å²) < 4.78 is 22.6. The average Bonchev–Trinajstić information content (AvgIpc) is 3.03. The number of ether oxygens (including phenoxy) is 4. The molecule has 1 saturated heterocycles. The third-order valence-electron chi connectivity index (χ3n) is 4.53. The summed E-state index contributed by atoms with van der Waals surface area (Å²) >= 11 is 0. The van der Waals surface area contributed by atoms with Crippen molar-refractivity contribution in [3.8, 4) is 0 Å². The van der Waals surface area contributed by atoms with Gasteiger partial charge in [-0.3, -0.25) is 4.79 Å². The molecule has 0 bridgehead atoms. The van der Waals surface area contributed by atoms with Crippen molar-refractivity contribution in [1.29, 1.82) is 0 Å². The number of benzene rings is 1. The summed E-state index contributed by atoms with van der Waals surface area (Å²) in [5.74, 6) is -1.52. The highest BCUT2D eigenvalue weighted by atomic mass is 16.8. The van der Waals surface area contributed by atoms with Crippen molar-refractivity contribution in [2.24, 2.45) is 5.92 Å². The molecule has 25 heavy (non-hydrogen) atoms. The SMILES string of the molecule is CCOC(=O)C[C@H]1C[C@@H](OC(=O)c2ccccc2)[C@H]2OC(C)(C)O[C@@H]12. The van der Waals surface area contributed by atoms with Crippen LogP contribution in [0.5, 0.6) is 0 Å². The van der Waals surface area contributed by atoms with Crippen molar-refractivity contribution in [1.82, 2.24) is 0 Å². The van der Waals surface area contributed by atoms with Gasteiger partial charge in [-0.1, -0.05) is 18.2 Å². The third kappa shape index (κ3) is 4.02. The van der Waals surface area contributed by atoms with Crippen LogP contribution in [0, 0.1) is 5.92 Å². The van der Waals surface area contributed by atoms with Crippen LogP contribution in [-0.4, -0.2) is 42.6 Å². The number of carbonyl (C=O) groups is 2. The van der Waals surface area contributed by atoms with Gasteiger partial charge in [0.15, 0.2) is 5.79 Å². The molecule has 1 heterocycles. The van der Waals surface area contributed by atoms with Crippen LogP contribution < -0.4 is 0 Å². The molecule has 6 nitrogen and oxygen atoms in total. The highest BCUT2D eigenvalue weighted by molar-refractivity contribution is 5.89. The average molecular weight is 348 g/mol. The van der Waals surface area contributed by atoms with Crippen LogP contribution in [0.25, 0.3) is 0 Å². The second-order valence-electron chi connectivity index (χ2n) is 6.88. The van der Waals surface area contributed by atoms with Crippen molar-refractivity contribution >= 4 is 11.9 Å². The van der Waals surface area contributed by atoms with Crippen LogP contribution in [-0.2, 0) is 23.7 Å². The van der Waals surface area contributed by atoms with Gasteiger partial charge in [-0.25, -0.2) is 4.79 Å². The van der Waals surface area contributed by atoms with E-state index in [0.717, 1.165) is 0 Å². The van der Waals surface area contributed by atoms with Crippen molar-refractivity contribution in [2.75, 3.05) is 6.61 Å². The second-order valence-corrected chi connectivity index (χ2v) is 6.88. The van der Waals surface area contributed by atoms with Gasteiger partial charge in [-0.15, -0.1) is 0 Å². The Bertz CT molecular complexity index is 626. The van der Waals surface area contributed by atoms with Crippen molar-refractivity contribution in [3.63, 3.8) is 0 Å². The smallest absolute Gasteiger partial charge is 0.338 e. The van der Waals surface area contributed by atoms with E-state index < -0.39 is 17.9 Å². The summed E-state index contributed by atoms with van der Waals surface area (Å²) in [7, 11) is 0. The van der Waals surface area contributed by atoms with E-state index in [4.69, 9.17) is 18.9 Å². The zero-order valence-corrected chi connectivity index (χ0v) is 14.8. The van der Waals surface area contributed by atoms with Crippen LogP contribution in [0.15, 0.2) is 30.3 Å². The van der Waals surface area contributed by atoms with E-state index >= 15 is 0 Å². The third-order valence-corrected chi connectivity index (χ3v) is 4.53. The minimum Gasteiger partial charge on any atom is -0.466 e. The Morgan fingerprint density at radius 3 is 2.52 bits per heavy atom. The van der Waals surface area contributed by atoms with E-state index in [-0.39, 0.29) is 30.5 Å². The minimum absolute atomic E-state index is 0.0978. The molecule has 1 aromatic carbocycles. The monoisotopic (exact) mass is 348 g/mol. The molecular weight excluding hydrogens is 324 g/mol. The van der Waals surface area contributed by atoms with Crippen LogP contribution in [0.4, 0.5) is 0 Å². The summed E-state index contributed by atoms with van der Waals surface area (Å²) in [6.45, 7) is 5.76. The number of esters is 2. The molecule has 0 N–H and O–H groups in total. The maximum absolute atomic E-state index is 12.4.